The first kappa shape index (κ1) is 30.2. The third kappa shape index (κ3) is 10.8. The van der Waals surface area contributed by atoms with E-state index in [1.165, 1.54) is 23.8 Å². The minimum Gasteiger partial charge on any atom is -0.463 e. The molecule has 0 bridgehead atoms. The largest absolute Gasteiger partial charge is 0.573 e. The van der Waals surface area contributed by atoms with Gasteiger partial charge in [0, 0.05) is 19.9 Å². The number of nitrogens with one attached hydrogen (secondary N) is 1. The molecule has 1 aromatic carbocycles. The van der Waals surface area contributed by atoms with Crippen LogP contribution in [0.1, 0.15) is 29.8 Å². The third-order valence-corrected chi connectivity index (χ3v) is 5.37. The van der Waals surface area contributed by atoms with E-state index >= 15 is 0 Å². The number of halogens is 3. The van der Waals surface area contributed by atoms with Crippen LogP contribution in [-0.4, -0.2) is 58.3 Å². The van der Waals surface area contributed by atoms with Crippen molar-refractivity contribution in [2.45, 2.75) is 45.0 Å². The minimum atomic E-state index is -4.82. The Bertz CT molecular complexity index is 1330. The van der Waals surface area contributed by atoms with Crippen molar-refractivity contribution < 1.29 is 37.0 Å². The zero-order chi connectivity index (χ0) is 29.0. The van der Waals surface area contributed by atoms with Crippen LogP contribution in [-0.2, 0) is 44.9 Å². The molecule has 0 aliphatic carbocycles. The molecule has 0 atom stereocenters. The van der Waals surface area contributed by atoms with Crippen LogP contribution in [0.5, 0.6) is 5.75 Å². The number of ether oxygens (including phenoxy) is 3. The maximum Gasteiger partial charge on any atom is 0.573 e. The van der Waals surface area contributed by atoms with Gasteiger partial charge in [0.05, 0.1) is 30.8 Å². The minimum absolute atomic E-state index is 0.0982. The number of nitrogens with zero attached hydrogens (tertiary/aromatic N) is 4. The average molecular weight is 564 g/mol. The van der Waals surface area contributed by atoms with Gasteiger partial charge < -0.3 is 19.5 Å². The van der Waals surface area contributed by atoms with Gasteiger partial charge in [0.2, 0.25) is 5.91 Å². The Balaban J connectivity index is 1.40. The number of hydrogen-bond donors (Lipinski definition) is 1. The van der Waals surface area contributed by atoms with Gasteiger partial charge in [0.15, 0.2) is 5.82 Å². The summed E-state index contributed by atoms with van der Waals surface area (Å²) in [4.78, 5) is 40.1. The van der Waals surface area contributed by atoms with E-state index in [4.69, 9.17) is 9.47 Å². The van der Waals surface area contributed by atoms with Gasteiger partial charge in [-0.15, -0.1) is 18.3 Å². The Hall–Kier alpha value is -4.33. The second kappa shape index (κ2) is 14.7. The quantitative estimate of drug-likeness (QED) is 0.232. The number of alkyl halides is 3. The van der Waals surface area contributed by atoms with E-state index in [9.17, 15) is 27.6 Å². The van der Waals surface area contributed by atoms with Crippen LogP contribution in [0.2, 0.25) is 0 Å². The van der Waals surface area contributed by atoms with Crippen LogP contribution in [0.4, 0.5) is 19.0 Å². The molecule has 0 radical (unpaired) electrons. The second-order valence-electron chi connectivity index (χ2n) is 8.57. The standard InChI is InChI=1S/C26H28F3N5O6/c1-38-13-14-39-24(36)17-20-10-12-34(25(37)30-20)11-3-2-6-19-8-9-22(33-32-19)31-23(35)16-18-5-4-7-21(15-18)40-26(27,28)29/h4-5,7-10,12,15H,2-3,6,11,13-14,16-17H2,1H3,(H,31,33,35). The summed E-state index contributed by atoms with van der Waals surface area (Å²) < 4.78 is 52.2. The molecule has 3 aromatic rings. The summed E-state index contributed by atoms with van der Waals surface area (Å²) in [5.74, 6) is -1.16. The Kier molecular flexibility index (Phi) is 11.1. The zero-order valence-corrected chi connectivity index (χ0v) is 21.6. The molecule has 2 aromatic heterocycles. The molecule has 0 aliphatic heterocycles. The van der Waals surface area contributed by atoms with Gasteiger partial charge in [0.1, 0.15) is 12.4 Å². The third-order valence-electron chi connectivity index (χ3n) is 5.37. The van der Waals surface area contributed by atoms with E-state index in [-0.39, 0.29) is 31.9 Å². The number of rotatable bonds is 14. The van der Waals surface area contributed by atoms with Crippen molar-refractivity contribution in [1.29, 1.82) is 0 Å². The molecule has 0 saturated heterocycles. The predicted molar refractivity (Wildman–Crippen MR) is 135 cm³/mol. The highest BCUT2D eigenvalue weighted by Gasteiger charge is 2.31. The van der Waals surface area contributed by atoms with Gasteiger partial charge in [0.25, 0.3) is 0 Å². The summed E-state index contributed by atoms with van der Waals surface area (Å²) >= 11 is 0. The summed E-state index contributed by atoms with van der Waals surface area (Å²) in [6, 6.07) is 10.1. The number of benzene rings is 1. The number of unbranched alkanes of at least 4 members (excludes halogenated alkanes) is 1. The van der Waals surface area contributed by atoms with E-state index in [1.807, 2.05) is 0 Å². The molecular formula is C26H28F3N5O6. The summed E-state index contributed by atoms with van der Waals surface area (Å²) in [7, 11) is 1.50. The van der Waals surface area contributed by atoms with Gasteiger partial charge in [-0.3, -0.25) is 14.2 Å². The smallest absolute Gasteiger partial charge is 0.463 e. The van der Waals surface area contributed by atoms with E-state index in [0.29, 0.717) is 42.8 Å². The van der Waals surface area contributed by atoms with E-state index in [2.05, 4.69) is 25.2 Å². The number of carbonyl (C=O) groups is 2. The molecule has 2 heterocycles. The Morgan fingerprint density at radius 3 is 2.52 bits per heavy atom. The van der Waals surface area contributed by atoms with Gasteiger partial charge in [-0.05, 0) is 55.2 Å². The number of methoxy groups -OCH3 is 1. The van der Waals surface area contributed by atoms with Crippen molar-refractivity contribution in [1.82, 2.24) is 19.7 Å². The summed E-state index contributed by atoms with van der Waals surface area (Å²) in [5, 5.41) is 10.6. The fourth-order valence-corrected chi connectivity index (χ4v) is 3.54. The fraction of sp³-hybridized carbons (Fsp3) is 0.385. The van der Waals surface area contributed by atoms with Crippen molar-refractivity contribution in [3.63, 3.8) is 0 Å². The van der Waals surface area contributed by atoms with Crippen molar-refractivity contribution >= 4 is 17.7 Å². The lowest BCUT2D eigenvalue weighted by Gasteiger charge is -2.10. The van der Waals surface area contributed by atoms with Gasteiger partial charge in [-0.1, -0.05) is 12.1 Å². The monoisotopic (exact) mass is 563 g/mol. The van der Waals surface area contributed by atoms with Crippen molar-refractivity contribution in [2.75, 3.05) is 25.6 Å². The maximum absolute atomic E-state index is 12.4. The van der Waals surface area contributed by atoms with Crippen LogP contribution in [0, 0.1) is 0 Å². The number of carbonyl (C=O) groups excluding carboxylic acids is 2. The molecule has 1 amide bonds. The number of aromatic nitrogens is 4. The lowest BCUT2D eigenvalue weighted by Crippen LogP contribution is -2.25. The molecule has 0 fully saturated rings. The molecule has 0 aliphatic rings. The first-order valence-electron chi connectivity index (χ1n) is 12.3. The normalized spacial score (nSPS) is 11.2. The molecule has 0 spiro atoms. The highest BCUT2D eigenvalue weighted by molar-refractivity contribution is 5.91. The molecule has 11 nitrogen and oxygen atoms in total. The molecule has 0 saturated carbocycles. The summed E-state index contributed by atoms with van der Waals surface area (Å²) in [6.07, 6.45) is -1.55. The first-order valence-corrected chi connectivity index (χ1v) is 12.3. The highest BCUT2D eigenvalue weighted by atomic mass is 19.4. The van der Waals surface area contributed by atoms with E-state index in [0.717, 1.165) is 12.1 Å². The second-order valence-corrected chi connectivity index (χ2v) is 8.57. The molecule has 3 rings (SSSR count). The number of anilines is 1. The summed E-state index contributed by atoms with van der Waals surface area (Å²) in [6.45, 7) is 0.857. The average Bonchev–Trinajstić information content (AvgIpc) is 2.88. The van der Waals surface area contributed by atoms with Crippen molar-refractivity contribution in [3.8, 4) is 5.75 Å². The van der Waals surface area contributed by atoms with Crippen LogP contribution in [0.15, 0.2) is 53.5 Å². The maximum atomic E-state index is 12.4. The molecule has 14 heteroatoms. The Morgan fingerprint density at radius 1 is 1.00 bits per heavy atom. The van der Waals surface area contributed by atoms with Gasteiger partial charge in [-0.25, -0.2) is 4.79 Å². The number of aryl methyl sites for hydroxylation is 2. The lowest BCUT2D eigenvalue weighted by molar-refractivity contribution is -0.274. The molecular weight excluding hydrogens is 535 g/mol. The summed E-state index contributed by atoms with van der Waals surface area (Å²) in [5.41, 5.74) is 0.896. The van der Waals surface area contributed by atoms with Crippen LogP contribution in [0.3, 0.4) is 0 Å². The van der Waals surface area contributed by atoms with Crippen LogP contribution >= 0.6 is 0 Å². The number of esters is 1. The van der Waals surface area contributed by atoms with Crippen LogP contribution in [0.25, 0.3) is 0 Å². The van der Waals surface area contributed by atoms with Crippen molar-refractivity contribution in [2.24, 2.45) is 0 Å². The van der Waals surface area contributed by atoms with E-state index in [1.54, 1.807) is 24.4 Å². The number of amides is 1. The first-order chi connectivity index (χ1) is 19.1. The van der Waals surface area contributed by atoms with Crippen LogP contribution < -0.4 is 15.7 Å². The zero-order valence-electron chi connectivity index (χ0n) is 21.6. The van der Waals surface area contributed by atoms with E-state index < -0.39 is 29.7 Å². The Labute approximate surface area is 227 Å². The molecule has 214 valence electrons. The molecule has 40 heavy (non-hydrogen) atoms. The fourth-order valence-electron chi connectivity index (χ4n) is 3.54. The van der Waals surface area contributed by atoms with Crippen molar-refractivity contribution in [3.05, 3.63) is 76.1 Å². The number of hydrogen-bond acceptors (Lipinski definition) is 9. The SMILES string of the molecule is COCCOC(=O)Cc1ccn(CCCCc2ccc(NC(=O)Cc3cccc(OC(F)(F)F)c3)nn2)c(=O)n1. The molecule has 1 N–H and O–H groups in total. The van der Waals surface area contributed by atoms with Gasteiger partial charge in [-0.2, -0.15) is 10.1 Å². The topological polar surface area (TPSA) is 135 Å². The lowest BCUT2D eigenvalue weighted by atomic mass is 10.1. The molecule has 0 unspecified atom stereocenters. The highest BCUT2D eigenvalue weighted by Crippen LogP contribution is 2.23. The Morgan fingerprint density at radius 2 is 1.82 bits per heavy atom. The van der Waals surface area contributed by atoms with Gasteiger partial charge >= 0.3 is 18.0 Å². The predicted octanol–water partition coefficient (Wildman–Crippen LogP) is 2.87.